The predicted molar refractivity (Wildman–Crippen MR) is 68.7 cm³/mol. The molecule has 0 aromatic carbocycles. The van der Waals surface area contributed by atoms with Crippen molar-refractivity contribution in [2.45, 2.75) is 31.7 Å². The third kappa shape index (κ3) is 3.19. The second kappa shape index (κ2) is 5.99. The summed E-state index contributed by atoms with van der Waals surface area (Å²) >= 11 is 0. The maximum Gasteiger partial charge on any atom is 0.0120 e. The summed E-state index contributed by atoms with van der Waals surface area (Å²) in [6.07, 6.45) is 5.56. The average molecular weight is 225 g/mol. The minimum atomic E-state index is 0.881. The molecule has 0 radical (unpaired) electrons. The van der Waals surface area contributed by atoms with Crippen LogP contribution in [0.4, 0.5) is 0 Å². The summed E-state index contributed by atoms with van der Waals surface area (Å²) in [7, 11) is 4.32. The Morgan fingerprint density at radius 3 is 2.19 bits per heavy atom. The molecule has 0 unspecified atom stereocenters. The molecule has 16 heavy (non-hydrogen) atoms. The van der Waals surface area contributed by atoms with Crippen molar-refractivity contribution in [2.24, 2.45) is 5.92 Å². The third-order valence-corrected chi connectivity index (χ3v) is 4.35. The lowest BCUT2D eigenvalue weighted by Crippen LogP contribution is -2.47. The highest BCUT2D eigenvalue weighted by Gasteiger charge is 2.26. The first-order chi connectivity index (χ1) is 7.79. The van der Waals surface area contributed by atoms with Crippen molar-refractivity contribution in [1.29, 1.82) is 0 Å². The van der Waals surface area contributed by atoms with Crippen molar-refractivity contribution in [3.05, 3.63) is 0 Å². The van der Waals surface area contributed by atoms with Gasteiger partial charge >= 0.3 is 0 Å². The van der Waals surface area contributed by atoms with Crippen LogP contribution in [0.25, 0.3) is 0 Å². The molecule has 0 amide bonds. The zero-order valence-electron chi connectivity index (χ0n) is 10.9. The van der Waals surface area contributed by atoms with E-state index in [1.807, 2.05) is 0 Å². The molecule has 0 aromatic heterocycles. The molecule has 0 spiro atoms. The Morgan fingerprint density at radius 1 is 1.00 bits per heavy atom. The maximum absolute atomic E-state index is 3.31. The van der Waals surface area contributed by atoms with Gasteiger partial charge in [-0.2, -0.15) is 0 Å². The minimum Gasteiger partial charge on any atom is -0.319 e. The molecule has 0 bridgehead atoms. The van der Waals surface area contributed by atoms with Gasteiger partial charge in [-0.1, -0.05) is 0 Å². The zero-order chi connectivity index (χ0) is 11.4. The van der Waals surface area contributed by atoms with Gasteiger partial charge in [0, 0.05) is 6.04 Å². The molecule has 3 heteroatoms. The number of nitrogens with zero attached hydrogens (tertiary/aromatic N) is 2. The molecule has 94 valence electrons. The Balaban J connectivity index is 1.72. The number of hydrogen-bond acceptors (Lipinski definition) is 3. The van der Waals surface area contributed by atoms with Crippen LogP contribution in [0.15, 0.2) is 0 Å². The topological polar surface area (TPSA) is 18.5 Å². The van der Waals surface area contributed by atoms with E-state index in [0.717, 1.165) is 12.0 Å². The molecule has 0 atom stereocenters. The number of likely N-dealkylation sites (tertiary alicyclic amines) is 2. The Labute approximate surface area is 100 Å². The van der Waals surface area contributed by atoms with Crippen molar-refractivity contribution >= 4 is 0 Å². The number of rotatable bonds is 3. The van der Waals surface area contributed by atoms with Crippen molar-refractivity contribution in [3.63, 3.8) is 0 Å². The highest BCUT2D eigenvalue weighted by Crippen LogP contribution is 2.23. The highest BCUT2D eigenvalue weighted by atomic mass is 15.2. The first-order valence-electron chi connectivity index (χ1n) is 6.87. The summed E-state index contributed by atoms with van der Waals surface area (Å²) in [5, 5.41) is 3.31. The van der Waals surface area contributed by atoms with Gasteiger partial charge < -0.3 is 15.1 Å². The summed E-state index contributed by atoms with van der Waals surface area (Å²) in [6.45, 7) is 6.46. The van der Waals surface area contributed by atoms with Crippen LogP contribution in [0.5, 0.6) is 0 Å². The Kier molecular flexibility index (Phi) is 4.62. The minimum absolute atomic E-state index is 0.881. The fraction of sp³-hybridized carbons (Fsp3) is 1.00. The van der Waals surface area contributed by atoms with E-state index in [2.05, 4.69) is 29.2 Å². The van der Waals surface area contributed by atoms with Crippen LogP contribution in [0.2, 0.25) is 0 Å². The van der Waals surface area contributed by atoms with E-state index < -0.39 is 0 Å². The molecule has 2 aliphatic heterocycles. The number of piperidine rings is 2. The van der Waals surface area contributed by atoms with Gasteiger partial charge in [-0.05, 0) is 78.4 Å². The first-order valence-corrected chi connectivity index (χ1v) is 6.87. The van der Waals surface area contributed by atoms with Gasteiger partial charge in [0.1, 0.15) is 0 Å². The highest BCUT2D eigenvalue weighted by molar-refractivity contribution is 4.82. The van der Waals surface area contributed by atoms with Crippen LogP contribution >= 0.6 is 0 Å². The quantitative estimate of drug-likeness (QED) is 0.773. The van der Waals surface area contributed by atoms with E-state index in [1.165, 1.54) is 58.4 Å². The molecule has 2 aliphatic rings. The molecular formula is C13H27N3. The molecule has 3 nitrogen and oxygen atoms in total. The lowest BCUT2D eigenvalue weighted by atomic mass is 9.93. The monoisotopic (exact) mass is 225 g/mol. The molecule has 0 saturated carbocycles. The fourth-order valence-corrected chi connectivity index (χ4v) is 3.17. The Hall–Kier alpha value is -0.120. The van der Waals surface area contributed by atoms with E-state index in [-0.39, 0.29) is 0 Å². The van der Waals surface area contributed by atoms with Crippen LogP contribution in [0.1, 0.15) is 25.7 Å². The molecule has 2 saturated heterocycles. The molecule has 2 rings (SSSR count). The Bertz CT molecular complexity index is 191. The van der Waals surface area contributed by atoms with Gasteiger partial charge in [0.2, 0.25) is 0 Å². The van der Waals surface area contributed by atoms with Crippen LogP contribution in [-0.2, 0) is 0 Å². The number of nitrogens with one attached hydrogen (secondary N) is 1. The zero-order valence-corrected chi connectivity index (χ0v) is 10.9. The second-order valence-corrected chi connectivity index (χ2v) is 5.57. The summed E-state index contributed by atoms with van der Waals surface area (Å²) in [4.78, 5) is 5.21. The van der Waals surface area contributed by atoms with E-state index in [4.69, 9.17) is 0 Å². The SMILES string of the molecule is CNCC1CCN(C2CCN(C)CC2)CC1. The molecule has 2 heterocycles. The van der Waals surface area contributed by atoms with E-state index in [0.29, 0.717) is 0 Å². The second-order valence-electron chi connectivity index (χ2n) is 5.57. The summed E-state index contributed by atoms with van der Waals surface area (Å²) in [5.74, 6) is 0.924. The van der Waals surface area contributed by atoms with Crippen LogP contribution in [0, 0.1) is 5.92 Å². The summed E-state index contributed by atoms with van der Waals surface area (Å²) < 4.78 is 0. The summed E-state index contributed by atoms with van der Waals surface area (Å²) in [6, 6.07) is 0.881. The van der Waals surface area contributed by atoms with Gasteiger partial charge in [-0.25, -0.2) is 0 Å². The van der Waals surface area contributed by atoms with Crippen molar-refractivity contribution < 1.29 is 0 Å². The smallest absolute Gasteiger partial charge is 0.0120 e. The lowest BCUT2D eigenvalue weighted by Gasteiger charge is -2.41. The normalized spacial score (nSPS) is 27.4. The maximum atomic E-state index is 3.31. The van der Waals surface area contributed by atoms with Gasteiger partial charge in [-0.15, -0.1) is 0 Å². The van der Waals surface area contributed by atoms with E-state index >= 15 is 0 Å². The largest absolute Gasteiger partial charge is 0.319 e. The first kappa shape index (κ1) is 12.3. The van der Waals surface area contributed by atoms with Gasteiger partial charge in [-0.3, -0.25) is 0 Å². The van der Waals surface area contributed by atoms with Crippen LogP contribution in [0.3, 0.4) is 0 Å². The van der Waals surface area contributed by atoms with Gasteiger partial charge in [0.15, 0.2) is 0 Å². The van der Waals surface area contributed by atoms with Gasteiger partial charge in [0.25, 0.3) is 0 Å². The van der Waals surface area contributed by atoms with Crippen molar-refractivity contribution in [1.82, 2.24) is 15.1 Å². The Morgan fingerprint density at radius 2 is 1.62 bits per heavy atom. The van der Waals surface area contributed by atoms with E-state index in [9.17, 15) is 0 Å². The molecule has 1 N–H and O–H groups in total. The lowest BCUT2D eigenvalue weighted by molar-refractivity contribution is 0.0857. The molecule has 0 aromatic rings. The standard InChI is InChI=1S/C13H27N3/c1-14-11-12-3-9-16(10-4-12)13-5-7-15(2)8-6-13/h12-14H,3-11H2,1-2H3. The number of hydrogen-bond donors (Lipinski definition) is 1. The predicted octanol–water partition coefficient (Wildman–Crippen LogP) is 1.01. The average Bonchev–Trinajstić information content (AvgIpc) is 2.32. The molecular weight excluding hydrogens is 198 g/mol. The van der Waals surface area contributed by atoms with Crippen molar-refractivity contribution in [2.75, 3.05) is 46.8 Å². The van der Waals surface area contributed by atoms with Crippen LogP contribution in [-0.4, -0.2) is 62.7 Å². The van der Waals surface area contributed by atoms with Crippen LogP contribution < -0.4 is 5.32 Å². The molecule has 2 fully saturated rings. The summed E-state index contributed by atoms with van der Waals surface area (Å²) in [5.41, 5.74) is 0. The fourth-order valence-electron chi connectivity index (χ4n) is 3.17. The van der Waals surface area contributed by atoms with Crippen molar-refractivity contribution in [3.8, 4) is 0 Å². The van der Waals surface area contributed by atoms with Gasteiger partial charge in [0.05, 0.1) is 0 Å². The molecule has 0 aliphatic carbocycles. The third-order valence-electron chi connectivity index (χ3n) is 4.35. The van der Waals surface area contributed by atoms with E-state index in [1.54, 1.807) is 0 Å².